The zero-order valence-electron chi connectivity index (χ0n) is 14.3. The maximum absolute atomic E-state index is 12.4. The number of aliphatic hydroxyl groups excluding tert-OH is 1. The van der Waals surface area contributed by atoms with E-state index in [4.69, 9.17) is 12.2 Å². The standard InChI is InChI=1S/C18H25N3O2S/c1-3-4-7-19-18(24)21(8-9-22)12-15-11-14-6-5-13(2)10-16(14)20-17(15)23/h5-6,10-11,22H,3-4,7-9,12H2,1-2H3,(H,19,24)(H,20,23). The molecule has 0 unspecified atom stereocenters. The van der Waals surface area contributed by atoms with Crippen molar-refractivity contribution in [1.82, 2.24) is 15.2 Å². The summed E-state index contributed by atoms with van der Waals surface area (Å²) in [5.41, 5.74) is 2.46. The SMILES string of the molecule is CCCCNC(=S)N(CCO)Cc1cc2ccc(C)cc2[nH]c1=O. The summed E-state index contributed by atoms with van der Waals surface area (Å²) in [7, 11) is 0. The van der Waals surface area contributed by atoms with Crippen LogP contribution in [0.4, 0.5) is 0 Å². The molecule has 24 heavy (non-hydrogen) atoms. The highest BCUT2D eigenvalue weighted by Gasteiger charge is 2.12. The van der Waals surface area contributed by atoms with E-state index < -0.39 is 0 Å². The van der Waals surface area contributed by atoms with Gasteiger partial charge in [-0.1, -0.05) is 25.5 Å². The van der Waals surface area contributed by atoms with E-state index >= 15 is 0 Å². The number of aromatic amines is 1. The van der Waals surface area contributed by atoms with Crippen molar-refractivity contribution in [1.29, 1.82) is 0 Å². The molecule has 0 aliphatic heterocycles. The number of H-pyrrole nitrogens is 1. The molecule has 2 aromatic rings. The predicted molar refractivity (Wildman–Crippen MR) is 102 cm³/mol. The summed E-state index contributed by atoms with van der Waals surface area (Å²) < 4.78 is 0. The fourth-order valence-electron chi connectivity index (χ4n) is 2.54. The fraction of sp³-hybridized carbons (Fsp3) is 0.444. The first-order valence-electron chi connectivity index (χ1n) is 8.31. The first-order chi connectivity index (χ1) is 11.5. The molecule has 1 aromatic carbocycles. The lowest BCUT2D eigenvalue weighted by molar-refractivity contribution is 0.245. The van der Waals surface area contributed by atoms with Crippen molar-refractivity contribution in [3.05, 3.63) is 45.7 Å². The van der Waals surface area contributed by atoms with Gasteiger partial charge in [0.2, 0.25) is 0 Å². The third-order valence-electron chi connectivity index (χ3n) is 3.90. The topological polar surface area (TPSA) is 68.4 Å². The molecule has 6 heteroatoms. The van der Waals surface area contributed by atoms with Gasteiger partial charge < -0.3 is 20.3 Å². The third-order valence-corrected chi connectivity index (χ3v) is 4.31. The molecule has 2 rings (SSSR count). The van der Waals surface area contributed by atoms with Crippen LogP contribution in [0, 0.1) is 6.92 Å². The van der Waals surface area contributed by atoms with Crippen LogP contribution >= 0.6 is 12.2 Å². The number of fused-ring (bicyclic) bond motifs is 1. The highest BCUT2D eigenvalue weighted by Crippen LogP contribution is 2.14. The Morgan fingerprint density at radius 2 is 2.17 bits per heavy atom. The second kappa shape index (κ2) is 8.80. The van der Waals surface area contributed by atoms with Crippen LogP contribution in [-0.4, -0.2) is 39.8 Å². The lowest BCUT2D eigenvalue weighted by atomic mass is 10.1. The normalized spacial score (nSPS) is 10.8. The van der Waals surface area contributed by atoms with E-state index in [-0.39, 0.29) is 12.2 Å². The van der Waals surface area contributed by atoms with Crippen LogP contribution < -0.4 is 10.9 Å². The summed E-state index contributed by atoms with van der Waals surface area (Å²) in [5.74, 6) is 0. The van der Waals surface area contributed by atoms with Crippen LogP contribution in [0.15, 0.2) is 29.1 Å². The number of aryl methyl sites for hydroxylation is 1. The Balaban J connectivity index is 2.20. The summed E-state index contributed by atoms with van der Waals surface area (Å²) in [4.78, 5) is 17.1. The summed E-state index contributed by atoms with van der Waals surface area (Å²) >= 11 is 5.40. The highest BCUT2D eigenvalue weighted by molar-refractivity contribution is 7.80. The van der Waals surface area contributed by atoms with Crippen LogP contribution in [0.2, 0.25) is 0 Å². The molecular formula is C18H25N3O2S. The van der Waals surface area contributed by atoms with Crippen LogP contribution in [0.5, 0.6) is 0 Å². The van der Waals surface area contributed by atoms with E-state index in [0.717, 1.165) is 35.9 Å². The highest BCUT2D eigenvalue weighted by atomic mass is 32.1. The Hall–Kier alpha value is -1.92. The van der Waals surface area contributed by atoms with E-state index in [1.54, 1.807) is 0 Å². The number of benzene rings is 1. The molecule has 0 saturated heterocycles. The van der Waals surface area contributed by atoms with Crippen molar-refractivity contribution in [2.24, 2.45) is 0 Å². The maximum atomic E-state index is 12.4. The molecule has 0 radical (unpaired) electrons. The lowest BCUT2D eigenvalue weighted by Gasteiger charge is -2.25. The molecule has 0 aliphatic carbocycles. The second-order valence-electron chi connectivity index (χ2n) is 5.95. The van der Waals surface area contributed by atoms with E-state index in [0.29, 0.717) is 23.8 Å². The quantitative estimate of drug-likeness (QED) is 0.530. The maximum Gasteiger partial charge on any atom is 0.253 e. The molecule has 0 fully saturated rings. The van der Waals surface area contributed by atoms with Gasteiger partial charge in [0.05, 0.1) is 13.2 Å². The van der Waals surface area contributed by atoms with Gasteiger partial charge in [-0.15, -0.1) is 0 Å². The van der Waals surface area contributed by atoms with E-state index in [1.165, 1.54) is 0 Å². The Kier molecular flexibility index (Phi) is 6.75. The van der Waals surface area contributed by atoms with Gasteiger partial charge in [0.15, 0.2) is 5.11 Å². The molecule has 0 amide bonds. The Labute approximate surface area is 147 Å². The Bertz CT molecular complexity index is 758. The van der Waals surface area contributed by atoms with Crippen molar-refractivity contribution in [2.75, 3.05) is 19.7 Å². The lowest BCUT2D eigenvalue weighted by Crippen LogP contribution is -2.42. The van der Waals surface area contributed by atoms with Crippen molar-refractivity contribution < 1.29 is 5.11 Å². The number of hydrogen-bond acceptors (Lipinski definition) is 3. The minimum atomic E-state index is -0.118. The number of thiocarbonyl (C=S) groups is 1. The minimum absolute atomic E-state index is 0.0136. The number of hydrogen-bond donors (Lipinski definition) is 3. The monoisotopic (exact) mass is 347 g/mol. The summed E-state index contributed by atoms with van der Waals surface area (Å²) in [5, 5.41) is 14.0. The van der Waals surface area contributed by atoms with Gasteiger partial charge in [-0.05, 0) is 48.6 Å². The molecule has 3 N–H and O–H groups in total. The fourth-order valence-corrected chi connectivity index (χ4v) is 2.80. The van der Waals surface area contributed by atoms with Gasteiger partial charge in [0.1, 0.15) is 0 Å². The molecule has 0 saturated carbocycles. The number of unbranched alkanes of at least 4 members (excludes halogenated alkanes) is 1. The first kappa shape index (κ1) is 18.4. The molecule has 0 aliphatic rings. The zero-order chi connectivity index (χ0) is 17.5. The third kappa shape index (κ3) is 4.79. The summed E-state index contributed by atoms with van der Waals surface area (Å²) in [6, 6.07) is 7.88. The van der Waals surface area contributed by atoms with Gasteiger partial charge in [-0.25, -0.2) is 0 Å². The zero-order valence-corrected chi connectivity index (χ0v) is 15.1. The average Bonchev–Trinajstić information content (AvgIpc) is 2.55. The van der Waals surface area contributed by atoms with Gasteiger partial charge in [0, 0.05) is 24.2 Å². The average molecular weight is 347 g/mol. The van der Waals surface area contributed by atoms with Crippen molar-refractivity contribution in [3.8, 4) is 0 Å². The molecule has 1 aromatic heterocycles. The van der Waals surface area contributed by atoms with Crippen LogP contribution in [0.25, 0.3) is 10.9 Å². The largest absolute Gasteiger partial charge is 0.395 e. The Morgan fingerprint density at radius 1 is 1.38 bits per heavy atom. The van der Waals surface area contributed by atoms with E-state index in [2.05, 4.69) is 17.2 Å². The van der Waals surface area contributed by atoms with Gasteiger partial charge >= 0.3 is 0 Å². The summed E-state index contributed by atoms with van der Waals surface area (Å²) in [6.45, 7) is 5.66. The smallest absolute Gasteiger partial charge is 0.253 e. The van der Waals surface area contributed by atoms with Crippen LogP contribution in [-0.2, 0) is 6.54 Å². The molecule has 130 valence electrons. The minimum Gasteiger partial charge on any atom is -0.395 e. The number of nitrogens with zero attached hydrogens (tertiary/aromatic N) is 1. The number of nitrogens with one attached hydrogen (secondary N) is 2. The van der Waals surface area contributed by atoms with Crippen LogP contribution in [0.1, 0.15) is 30.9 Å². The van der Waals surface area contributed by atoms with Crippen molar-refractivity contribution >= 4 is 28.2 Å². The predicted octanol–water partition coefficient (Wildman–Crippen LogP) is 2.31. The van der Waals surface area contributed by atoms with Crippen LogP contribution in [0.3, 0.4) is 0 Å². The first-order valence-corrected chi connectivity index (χ1v) is 8.72. The number of rotatable bonds is 7. The Morgan fingerprint density at radius 3 is 2.88 bits per heavy atom. The van der Waals surface area contributed by atoms with Gasteiger partial charge in [0.25, 0.3) is 5.56 Å². The second-order valence-corrected chi connectivity index (χ2v) is 6.33. The van der Waals surface area contributed by atoms with Gasteiger partial charge in [-0.2, -0.15) is 0 Å². The van der Waals surface area contributed by atoms with Crippen molar-refractivity contribution in [3.63, 3.8) is 0 Å². The molecule has 0 spiro atoms. The molecule has 5 nitrogen and oxygen atoms in total. The number of aromatic nitrogens is 1. The summed E-state index contributed by atoms with van der Waals surface area (Å²) in [6.07, 6.45) is 2.11. The molecule has 1 heterocycles. The number of aliphatic hydroxyl groups is 1. The van der Waals surface area contributed by atoms with Crippen molar-refractivity contribution in [2.45, 2.75) is 33.2 Å². The van der Waals surface area contributed by atoms with E-state index in [9.17, 15) is 9.90 Å². The molecule has 0 bridgehead atoms. The van der Waals surface area contributed by atoms with E-state index in [1.807, 2.05) is 36.1 Å². The van der Waals surface area contributed by atoms with Gasteiger partial charge in [-0.3, -0.25) is 4.79 Å². The molecular weight excluding hydrogens is 322 g/mol. The number of pyridine rings is 1. The molecule has 0 atom stereocenters.